The molecule has 2 rings (SSSR count). The summed E-state index contributed by atoms with van der Waals surface area (Å²) in [4.78, 5) is 22.6. The van der Waals surface area contributed by atoms with Crippen LogP contribution in [0.5, 0.6) is 0 Å². The van der Waals surface area contributed by atoms with Gasteiger partial charge in [-0.2, -0.15) is 0 Å². The normalized spacial score (nSPS) is 19.7. The van der Waals surface area contributed by atoms with Crippen molar-refractivity contribution in [2.45, 2.75) is 46.0 Å². The first kappa shape index (κ1) is 16.0. The van der Waals surface area contributed by atoms with Gasteiger partial charge in [0.1, 0.15) is 16.8 Å². The van der Waals surface area contributed by atoms with Gasteiger partial charge in [-0.15, -0.1) is 0 Å². The topological polar surface area (TPSA) is 72.1 Å². The minimum Gasteiger partial charge on any atom is -0.369 e. The highest BCUT2D eigenvalue weighted by Crippen LogP contribution is 2.30. The average molecular weight is 311 g/mol. The quantitative estimate of drug-likeness (QED) is 0.852. The number of nitrogens with two attached hydrogens (primary N) is 1. The lowest BCUT2D eigenvalue weighted by Crippen LogP contribution is -2.42. The van der Waals surface area contributed by atoms with Gasteiger partial charge in [0.25, 0.3) is 0 Å². The Kier molecular flexibility index (Phi) is 4.42. The highest BCUT2D eigenvalue weighted by atomic mass is 35.5. The third kappa shape index (κ3) is 3.46. The molecule has 1 atom stereocenters. The van der Waals surface area contributed by atoms with Crippen LogP contribution in [0.3, 0.4) is 0 Å². The van der Waals surface area contributed by atoms with Gasteiger partial charge in [-0.3, -0.25) is 4.79 Å². The van der Waals surface area contributed by atoms with Crippen LogP contribution < -0.4 is 10.6 Å². The predicted molar refractivity (Wildman–Crippen MR) is 84.6 cm³/mol. The number of hydrogen-bond acceptors (Lipinski definition) is 4. The average Bonchev–Trinajstić information content (AvgIpc) is 2.40. The van der Waals surface area contributed by atoms with E-state index in [1.54, 1.807) is 0 Å². The summed E-state index contributed by atoms with van der Waals surface area (Å²) in [5.74, 6) is 1.18. The third-order valence-electron chi connectivity index (χ3n) is 3.85. The summed E-state index contributed by atoms with van der Waals surface area (Å²) >= 11 is 6.27. The zero-order valence-electron chi connectivity index (χ0n) is 13.1. The standard InChI is InChI=1S/C15H23ClN4O/c1-9-11(16)18-14(15(2,3)4)19-13(9)20-7-5-6-10(8-20)12(17)21/h10H,5-8H2,1-4H3,(H2,17,21). The number of carbonyl (C=O) groups excluding carboxylic acids is 1. The van der Waals surface area contributed by atoms with Crippen LogP contribution in [0.1, 0.15) is 45.0 Å². The van der Waals surface area contributed by atoms with Crippen LogP contribution >= 0.6 is 11.6 Å². The number of rotatable bonds is 2. The minimum absolute atomic E-state index is 0.120. The van der Waals surface area contributed by atoms with E-state index in [4.69, 9.17) is 22.3 Å². The second kappa shape index (κ2) is 5.79. The number of anilines is 1. The van der Waals surface area contributed by atoms with Gasteiger partial charge in [0.15, 0.2) is 0 Å². The molecule has 0 bridgehead atoms. The molecule has 21 heavy (non-hydrogen) atoms. The third-order valence-corrected chi connectivity index (χ3v) is 4.22. The van der Waals surface area contributed by atoms with Crippen LogP contribution in [-0.4, -0.2) is 29.0 Å². The molecule has 1 aliphatic rings. The van der Waals surface area contributed by atoms with E-state index in [1.165, 1.54) is 0 Å². The lowest BCUT2D eigenvalue weighted by atomic mass is 9.95. The second-order valence-corrected chi connectivity index (χ2v) is 7.08. The zero-order valence-corrected chi connectivity index (χ0v) is 13.9. The maximum atomic E-state index is 11.4. The number of halogens is 1. The number of aromatic nitrogens is 2. The summed E-state index contributed by atoms with van der Waals surface area (Å²) in [5, 5.41) is 0.478. The van der Waals surface area contributed by atoms with Crippen molar-refractivity contribution in [1.29, 1.82) is 0 Å². The van der Waals surface area contributed by atoms with Crippen LogP contribution in [0, 0.1) is 12.8 Å². The Morgan fingerprint density at radius 2 is 2.05 bits per heavy atom. The molecule has 2 heterocycles. The molecule has 0 radical (unpaired) electrons. The van der Waals surface area contributed by atoms with E-state index in [2.05, 4.69) is 30.7 Å². The fourth-order valence-electron chi connectivity index (χ4n) is 2.52. The molecule has 0 saturated carbocycles. The number of primary amides is 1. The molecule has 1 fully saturated rings. The van der Waals surface area contributed by atoms with Crippen molar-refractivity contribution in [2.24, 2.45) is 11.7 Å². The smallest absolute Gasteiger partial charge is 0.222 e. The van der Waals surface area contributed by atoms with E-state index in [9.17, 15) is 4.79 Å². The number of amides is 1. The van der Waals surface area contributed by atoms with E-state index in [-0.39, 0.29) is 17.2 Å². The summed E-state index contributed by atoms with van der Waals surface area (Å²) < 4.78 is 0. The van der Waals surface area contributed by atoms with Crippen molar-refractivity contribution in [3.8, 4) is 0 Å². The monoisotopic (exact) mass is 310 g/mol. The SMILES string of the molecule is Cc1c(Cl)nc(C(C)(C)C)nc1N1CCCC(C(N)=O)C1. The van der Waals surface area contributed by atoms with Crippen molar-refractivity contribution in [2.75, 3.05) is 18.0 Å². The number of hydrogen-bond donors (Lipinski definition) is 1. The van der Waals surface area contributed by atoms with Crippen LogP contribution in [0.4, 0.5) is 5.82 Å². The van der Waals surface area contributed by atoms with Gasteiger partial charge < -0.3 is 10.6 Å². The molecule has 0 aliphatic carbocycles. The Morgan fingerprint density at radius 1 is 1.38 bits per heavy atom. The lowest BCUT2D eigenvalue weighted by Gasteiger charge is -2.33. The number of carbonyl (C=O) groups is 1. The fourth-order valence-corrected chi connectivity index (χ4v) is 2.69. The molecule has 1 aliphatic heterocycles. The molecule has 2 N–H and O–H groups in total. The number of nitrogens with zero attached hydrogens (tertiary/aromatic N) is 3. The van der Waals surface area contributed by atoms with E-state index >= 15 is 0 Å². The first-order valence-electron chi connectivity index (χ1n) is 7.29. The lowest BCUT2D eigenvalue weighted by molar-refractivity contribution is -0.122. The summed E-state index contributed by atoms with van der Waals surface area (Å²) in [5.41, 5.74) is 6.13. The Bertz CT molecular complexity index is 553. The Balaban J connectivity index is 2.38. The summed E-state index contributed by atoms with van der Waals surface area (Å²) in [6.45, 7) is 9.55. The van der Waals surface area contributed by atoms with Crippen molar-refractivity contribution >= 4 is 23.3 Å². The van der Waals surface area contributed by atoms with E-state index in [1.807, 2.05) is 6.92 Å². The summed E-state index contributed by atoms with van der Waals surface area (Å²) in [6.07, 6.45) is 1.77. The molecule has 116 valence electrons. The molecule has 1 amide bonds. The molecular weight excluding hydrogens is 288 g/mol. The van der Waals surface area contributed by atoms with Crippen LogP contribution in [0.2, 0.25) is 5.15 Å². The van der Waals surface area contributed by atoms with Gasteiger partial charge in [-0.1, -0.05) is 32.4 Å². The summed E-state index contributed by atoms with van der Waals surface area (Å²) in [7, 11) is 0. The van der Waals surface area contributed by atoms with Crippen molar-refractivity contribution in [1.82, 2.24) is 9.97 Å². The first-order valence-corrected chi connectivity index (χ1v) is 7.67. The maximum Gasteiger partial charge on any atom is 0.222 e. The molecule has 1 saturated heterocycles. The minimum atomic E-state index is -0.242. The summed E-state index contributed by atoms with van der Waals surface area (Å²) in [6, 6.07) is 0. The van der Waals surface area contributed by atoms with Crippen LogP contribution in [0.25, 0.3) is 0 Å². The Labute approximate surface area is 130 Å². The van der Waals surface area contributed by atoms with Gasteiger partial charge >= 0.3 is 0 Å². The first-order chi connectivity index (χ1) is 9.70. The van der Waals surface area contributed by atoms with Gasteiger partial charge in [0, 0.05) is 24.1 Å². The van der Waals surface area contributed by atoms with E-state index in [0.29, 0.717) is 17.5 Å². The molecule has 1 aromatic heterocycles. The maximum absolute atomic E-state index is 11.4. The highest BCUT2D eigenvalue weighted by Gasteiger charge is 2.28. The Hall–Kier alpha value is -1.36. The van der Waals surface area contributed by atoms with Gasteiger partial charge in [-0.05, 0) is 19.8 Å². The van der Waals surface area contributed by atoms with Gasteiger partial charge in [0.2, 0.25) is 5.91 Å². The molecule has 0 aromatic carbocycles. The number of piperidine rings is 1. The van der Waals surface area contributed by atoms with Crippen molar-refractivity contribution in [3.63, 3.8) is 0 Å². The molecule has 1 aromatic rings. The second-order valence-electron chi connectivity index (χ2n) is 6.72. The molecule has 0 spiro atoms. The van der Waals surface area contributed by atoms with Crippen LogP contribution in [0.15, 0.2) is 0 Å². The Morgan fingerprint density at radius 3 is 2.62 bits per heavy atom. The molecule has 1 unspecified atom stereocenters. The van der Waals surface area contributed by atoms with Gasteiger partial charge in [0.05, 0.1) is 5.92 Å². The molecular formula is C15H23ClN4O. The largest absolute Gasteiger partial charge is 0.369 e. The van der Waals surface area contributed by atoms with E-state index < -0.39 is 0 Å². The van der Waals surface area contributed by atoms with Crippen molar-refractivity contribution < 1.29 is 4.79 Å². The molecule has 5 nitrogen and oxygen atoms in total. The van der Waals surface area contributed by atoms with Gasteiger partial charge in [-0.25, -0.2) is 9.97 Å². The molecule has 6 heteroatoms. The van der Waals surface area contributed by atoms with Crippen LogP contribution in [-0.2, 0) is 10.2 Å². The zero-order chi connectivity index (χ0) is 15.8. The van der Waals surface area contributed by atoms with E-state index in [0.717, 1.165) is 30.8 Å². The fraction of sp³-hybridized carbons (Fsp3) is 0.667. The van der Waals surface area contributed by atoms with Crippen molar-refractivity contribution in [3.05, 3.63) is 16.5 Å². The predicted octanol–water partition coefficient (Wildman–Crippen LogP) is 2.44. The highest BCUT2D eigenvalue weighted by molar-refractivity contribution is 6.30.